The molecule has 0 aliphatic heterocycles. The summed E-state index contributed by atoms with van der Waals surface area (Å²) in [6, 6.07) is 2.70. The topological polar surface area (TPSA) is 62.7 Å². The van der Waals surface area contributed by atoms with E-state index in [1.54, 1.807) is 6.07 Å². The predicted molar refractivity (Wildman–Crippen MR) is 43.1 cm³/mol. The van der Waals surface area contributed by atoms with Gasteiger partial charge in [-0.05, 0) is 13.0 Å². The number of alkyl halides is 2. The van der Waals surface area contributed by atoms with Crippen molar-refractivity contribution in [1.29, 1.82) is 5.26 Å². The largest absolute Gasteiger partial charge is 0.384 e. The molecule has 0 aromatic carbocycles. The van der Waals surface area contributed by atoms with Crippen LogP contribution in [0.3, 0.4) is 0 Å². The Balaban J connectivity index is 3.41. The van der Waals surface area contributed by atoms with Gasteiger partial charge >= 0.3 is 0 Å². The van der Waals surface area contributed by atoms with E-state index in [0.29, 0.717) is 0 Å². The molecule has 0 atom stereocenters. The smallest absolute Gasteiger partial charge is 0.265 e. The molecule has 2 N–H and O–H groups in total. The highest BCUT2D eigenvalue weighted by Gasteiger charge is 2.16. The van der Waals surface area contributed by atoms with Crippen LogP contribution in [-0.4, -0.2) is 4.98 Å². The van der Waals surface area contributed by atoms with Crippen molar-refractivity contribution in [3.8, 4) is 6.07 Å². The number of aromatic nitrogens is 1. The molecule has 0 aliphatic carbocycles. The first-order valence-corrected chi connectivity index (χ1v) is 3.51. The zero-order valence-corrected chi connectivity index (χ0v) is 6.88. The van der Waals surface area contributed by atoms with E-state index in [1.165, 1.54) is 6.92 Å². The number of hydrogen-bond donors (Lipinski definition) is 1. The summed E-state index contributed by atoms with van der Waals surface area (Å²) in [5.41, 5.74) is 5.05. The Morgan fingerprint density at radius 3 is 2.69 bits per heavy atom. The van der Waals surface area contributed by atoms with E-state index in [2.05, 4.69) is 4.98 Å². The van der Waals surface area contributed by atoms with Crippen molar-refractivity contribution in [2.24, 2.45) is 0 Å². The standard InChI is InChI=1S/C8H7F2N3/c1-4-6(3-11)5(8(9)10)2-7(12)13-4/h2,8H,1H3,(H2,12,13). The summed E-state index contributed by atoms with van der Waals surface area (Å²) >= 11 is 0. The lowest BCUT2D eigenvalue weighted by atomic mass is 10.1. The minimum Gasteiger partial charge on any atom is -0.384 e. The van der Waals surface area contributed by atoms with Gasteiger partial charge in [0.2, 0.25) is 0 Å². The van der Waals surface area contributed by atoms with Crippen LogP contribution >= 0.6 is 0 Å². The molecule has 0 aliphatic rings. The number of anilines is 1. The highest BCUT2D eigenvalue weighted by Crippen LogP contribution is 2.25. The van der Waals surface area contributed by atoms with Crippen molar-refractivity contribution in [2.75, 3.05) is 5.73 Å². The molecular weight excluding hydrogens is 176 g/mol. The van der Waals surface area contributed by atoms with E-state index in [4.69, 9.17) is 11.0 Å². The van der Waals surface area contributed by atoms with Gasteiger partial charge in [-0.25, -0.2) is 13.8 Å². The van der Waals surface area contributed by atoms with Crippen molar-refractivity contribution >= 4 is 5.82 Å². The molecule has 1 rings (SSSR count). The Bertz CT molecular complexity index is 368. The van der Waals surface area contributed by atoms with Crippen LogP contribution in [0.5, 0.6) is 0 Å². The van der Waals surface area contributed by atoms with Gasteiger partial charge in [-0.3, -0.25) is 0 Å². The summed E-state index contributed by atoms with van der Waals surface area (Å²) in [5, 5.41) is 8.57. The summed E-state index contributed by atoms with van der Waals surface area (Å²) in [6.07, 6.45) is -2.70. The van der Waals surface area contributed by atoms with Gasteiger partial charge in [0.1, 0.15) is 11.9 Å². The highest BCUT2D eigenvalue weighted by atomic mass is 19.3. The van der Waals surface area contributed by atoms with Gasteiger partial charge in [-0.2, -0.15) is 5.26 Å². The average molecular weight is 183 g/mol. The van der Waals surface area contributed by atoms with E-state index in [9.17, 15) is 8.78 Å². The van der Waals surface area contributed by atoms with Crippen LogP contribution in [0.25, 0.3) is 0 Å². The second-order valence-corrected chi connectivity index (χ2v) is 2.51. The Kier molecular flexibility index (Phi) is 2.42. The van der Waals surface area contributed by atoms with E-state index in [1.807, 2.05) is 0 Å². The van der Waals surface area contributed by atoms with E-state index in [-0.39, 0.29) is 22.6 Å². The van der Waals surface area contributed by atoms with Crippen molar-refractivity contribution in [3.63, 3.8) is 0 Å². The number of nitrogens with two attached hydrogens (primary N) is 1. The monoisotopic (exact) mass is 183 g/mol. The number of pyridine rings is 1. The van der Waals surface area contributed by atoms with Crippen molar-refractivity contribution in [3.05, 3.63) is 22.9 Å². The van der Waals surface area contributed by atoms with Crippen LogP contribution in [-0.2, 0) is 0 Å². The van der Waals surface area contributed by atoms with Gasteiger partial charge in [0.15, 0.2) is 0 Å². The third kappa shape index (κ3) is 1.72. The van der Waals surface area contributed by atoms with Crippen LogP contribution in [0.15, 0.2) is 6.07 Å². The maximum Gasteiger partial charge on any atom is 0.265 e. The molecule has 0 saturated carbocycles. The highest BCUT2D eigenvalue weighted by molar-refractivity contribution is 5.47. The molecule has 13 heavy (non-hydrogen) atoms. The molecule has 0 fully saturated rings. The fraction of sp³-hybridized carbons (Fsp3) is 0.250. The molecule has 5 heteroatoms. The SMILES string of the molecule is Cc1nc(N)cc(C(F)F)c1C#N. The second-order valence-electron chi connectivity index (χ2n) is 2.51. The fourth-order valence-electron chi connectivity index (χ4n) is 1.04. The molecule has 0 amide bonds. The van der Waals surface area contributed by atoms with Gasteiger partial charge < -0.3 is 5.73 Å². The summed E-state index contributed by atoms with van der Waals surface area (Å²) in [7, 11) is 0. The van der Waals surface area contributed by atoms with Gasteiger partial charge in [-0.15, -0.1) is 0 Å². The number of nitrogens with zero attached hydrogens (tertiary/aromatic N) is 2. The molecule has 1 aromatic rings. The summed E-state index contributed by atoms with van der Waals surface area (Å²) < 4.78 is 24.7. The van der Waals surface area contributed by atoms with Crippen molar-refractivity contribution < 1.29 is 8.78 Å². The maximum absolute atomic E-state index is 12.3. The van der Waals surface area contributed by atoms with Crippen LogP contribution in [0.4, 0.5) is 14.6 Å². The maximum atomic E-state index is 12.3. The molecule has 0 spiro atoms. The summed E-state index contributed by atoms with van der Waals surface area (Å²) in [4.78, 5) is 3.71. The lowest BCUT2D eigenvalue weighted by molar-refractivity contribution is 0.151. The third-order valence-electron chi connectivity index (χ3n) is 1.60. The van der Waals surface area contributed by atoms with Gasteiger partial charge in [-0.1, -0.05) is 0 Å². The van der Waals surface area contributed by atoms with Crippen molar-refractivity contribution in [2.45, 2.75) is 13.3 Å². The van der Waals surface area contributed by atoms with Gasteiger partial charge in [0, 0.05) is 5.56 Å². The molecule has 0 radical (unpaired) electrons. The first kappa shape index (κ1) is 9.39. The van der Waals surface area contributed by atoms with Crippen molar-refractivity contribution in [1.82, 2.24) is 4.98 Å². The molecule has 0 saturated heterocycles. The van der Waals surface area contributed by atoms with E-state index in [0.717, 1.165) is 6.07 Å². The third-order valence-corrected chi connectivity index (χ3v) is 1.60. The van der Waals surface area contributed by atoms with Gasteiger partial charge in [0.25, 0.3) is 6.43 Å². The molecule has 1 aromatic heterocycles. The number of rotatable bonds is 1. The molecule has 0 bridgehead atoms. The number of nitriles is 1. The molecule has 0 unspecified atom stereocenters. The summed E-state index contributed by atoms with van der Waals surface area (Å²) in [5.74, 6) is 0.00630. The predicted octanol–water partition coefficient (Wildman–Crippen LogP) is 1.78. The van der Waals surface area contributed by atoms with Crippen LogP contribution in [0, 0.1) is 18.3 Å². The fourth-order valence-corrected chi connectivity index (χ4v) is 1.04. The first-order chi connectivity index (χ1) is 6.06. The minimum absolute atomic E-state index is 0.00630. The van der Waals surface area contributed by atoms with E-state index < -0.39 is 6.43 Å². The average Bonchev–Trinajstić information content (AvgIpc) is 2.02. The zero-order valence-electron chi connectivity index (χ0n) is 6.88. The number of halogens is 2. The molecule has 1 heterocycles. The molecule has 3 nitrogen and oxygen atoms in total. The Hall–Kier alpha value is -1.70. The van der Waals surface area contributed by atoms with Crippen LogP contribution in [0.1, 0.15) is 23.2 Å². The Morgan fingerprint density at radius 2 is 2.23 bits per heavy atom. The number of aryl methyl sites for hydroxylation is 1. The molecular formula is C8H7F2N3. The Morgan fingerprint density at radius 1 is 1.62 bits per heavy atom. The molecule has 68 valence electrons. The number of hydrogen-bond acceptors (Lipinski definition) is 3. The second kappa shape index (κ2) is 3.35. The lowest BCUT2D eigenvalue weighted by Gasteiger charge is -2.05. The lowest BCUT2D eigenvalue weighted by Crippen LogP contribution is -2.01. The minimum atomic E-state index is -2.70. The van der Waals surface area contributed by atoms with E-state index >= 15 is 0 Å². The quantitative estimate of drug-likeness (QED) is 0.721. The van der Waals surface area contributed by atoms with Crippen LogP contribution < -0.4 is 5.73 Å². The normalized spacial score (nSPS) is 10.1. The Labute approximate surface area is 73.8 Å². The summed E-state index contributed by atoms with van der Waals surface area (Å²) in [6.45, 7) is 1.47. The number of nitrogen functional groups attached to an aromatic ring is 1. The first-order valence-electron chi connectivity index (χ1n) is 3.51. The van der Waals surface area contributed by atoms with Gasteiger partial charge in [0.05, 0.1) is 11.3 Å². The zero-order chi connectivity index (χ0) is 10.0. The van der Waals surface area contributed by atoms with Crippen LogP contribution in [0.2, 0.25) is 0 Å².